The Morgan fingerprint density at radius 3 is 2.26 bits per heavy atom. The fraction of sp³-hybridized carbons (Fsp3) is 0.310. The van der Waals surface area contributed by atoms with E-state index in [1.165, 1.54) is 19.1 Å². The molecule has 3 rings (SSSR count). The molecule has 1 N–H and O–H groups in total. The summed E-state index contributed by atoms with van der Waals surface area (Å²) in [6, 6.07) is 25.7. The summed E-state index contributed by atoms with van der Waals surface area (Å²) in [5, 5.41) is 2.94. The zero-order chi connectivity index (χ0) is 24.0. The normalized spacial score (nSPS) is 10.5. The molecule has 0 radical (unpaired) electrons. The minimum absolute atomic E-state index is 0.153. The van der Waals surface area contributed by atoms with E-state index in [1.54, 1.807) is 18.2 Å². The number of ether oxygens (including phenoxy) is 2. The van der Waals surface area contributed by atoms with Crippen LogP contribution in [0.1, 0.15) is 46.3 Å². The predicted molar refractivity (Wildman–Crippen MR) is 134 cm³/mol. The molecule has 0 atom stereocenters. The molecule has 0 fully saturated rings. The van der Waals surface area contributed by atoms with Crippen LogP contribution in [0.2, 0.25) is 0 Å². The van der Waals surface area contributed by atoms with E-state index >= 15 is 0 Å². The summed E-state index contributed by atoms with van der Waals surface area (Å²) < 4.78 is 10.5. The van der Waals surface area contributed by atoms with Gasteiger partial charge < -0.3 is 14.8 Å². The van der Waals surface area contributed by atoms with Crippen LogP contribution in [0.25, 0.3) is 0 Å². The van der Waals surface area contributed by atoms with Gasteiger partial charge in [-0.15, -0.1) is 0 Å². The van der Waals surface area contributed by atoms with E-state index in [0.29, 0.717) is 12.1 Å². The molecule has 0 bridgehead atoms. The number of hydrogen-bond donors (Lipinski definition) is 1. The van der Waals surface area contributed by atoms with Crippen molar-refractivity contribution in [1.82, 2.24) is 5.32 Å². The van der Waals surface area contributed by atoms with Gasteiger partial charge in [0.1, 0.15) is 5.75 Å². The highest BCUT2D eigenvalue weighted by Crippen LogP contribution is 2.14. The molecule has 3 aromatic rings. The van der Waals surface area contributed by atoms with Crippen molar-refractivity contribution < 1.29 is 19.1 Å². The number of carbonyl (C=O) groups excluding carboxylic acids is 2. The highest BCUT2D eigenvalue weighted by Gasteiger charge is 2.08. The fourth-order valence-corrected chi connectivity index (χ4v) is 3.68. The Balaban J connectivity index is 1.32. The van der Waals surface area contributed by atoms with Gasteiger partial charge in [-0.05, 0) is 73.1 Å². The Morgan fingerprint density at radius 1 is 0.765 bits per heavy atom. The largest absolute Gasteiger partial charge is 0.494 e. The number of carbonyl (C=O) groups is 2. The minimum atomic E-state index is -0.326. The second kappa shape index (κ2) is 13.8. The SMILES string of the molecule is COC(=O)Cc1cccc(C(=O)NCCc2ccc(OCCCCCc3ccccc3)cc2)c1. The smallest absolute Gasteiger partial charge is 0.309 e. The maximum atomic E-state index is 12.4. The number of nitrogens with one attached hydrogen (secondary N) is 1. The van der Waals surface area contributed by atoms with Crippen LogP contribution >= 0.6 is 0 Å². The summed E-state index contributed by atoms with van der Waals surface area (Å²) in [6.45, 7) is 1.25. The Bertz CT molecular complexity index is 1030. The number of benzene rings is 3. The van der Waals surface area contributed by atoms with Crippen molar-refractivity contribution in [2.45, 2.75) is 38.5 Å². The van der Waals surface area contributed by atoms with E-state index in [4.69, 9.17) is 4.74 Å². The molecule has 3 aromatic carbocycles. The van der Waals surface area contributed by atoms with Crippen LogP contribution in [0.15, 0.2) is 78.9 Å². The average molecular weight is 460 g/mol. The van der Waals surface area contributed by atoms with E-state index in [2.05, 4.69) is 40.4 Å². The van der Waals surface area contributed by atoms with Crippen molar-refractivity contribution in [1.29, 1.82) is 0 Å². The second-order valence-corrected chi connectivity index (χ2v) is 8.25. The Hall–Kier alpha value is -3.60. The molecule has 0 aliphatic carbocycles. The van der Waals surface area contributed by atoms with Crippen LogP contribution in [0.5, 0.6) is 5.75 Å². The van der Waals surface area contributed by atoms with Crippen molar-refractivity contribution in [3.05, 3.63) is 101 Å². The van der Waals surface area contributed by atoms with Crippen LogP contribution in [0.4, 0.5) is 0 Å². The lowest BCUT2D eigenvalue weighted by atomic mass is 10.1. The van der Waals surface area contributed by atoms with E-state index < -0.39 is 0 Å². The summed E-state index contributed by atoms with van der Waals surface area (Å²) in [4.78, 5) is 23.9. The summed E-state index contributed by atoms with van der Waals surface area (Å²) in [6.07, 6.45) is 5.37. The summed E-state index contributed by atoms with van der Waals surface area (Å²) in [7, 11) is 1.35. The molecular weight excluding hydrogens is 426 g/mol. The van der Waals surface area contributed by atoms with Crippen LogP contribution in [0.3, 0.4) is 0 Å². The van der Waals surface area contributed by atoms with Gasteiger partial charge in [0.05, 0.1) is 20.1 Å². The summed E-state index contributed by atoms with van der Waals surface area (Å²) >= 11 is 0. The number of hydrogen-bond acceptors (Lipinski definition) is 4. The predicted octanol–water partition coefficient (Wildman–Crippen LogP) is 5.17. The molecule has 0 heterocycles. The molecule has 1 amide bonds. The number of unbranched alkanes of at least 4 members (excludes halogenated alkanes) is 2. The molecule has 0 aromatic heterocycles. The highest BCUT2D eigenvalue weighted by atomic mass is 16.5. The van der Waals surface area contributed by atoms with Crippen molar-refractivity contribution in [3.8, 4) is 5.75 Å². The van der Waals surface area contributed by atoms with Crippen molar-refractivity contribution in [2.24, 2.45) is 0 Å². The summed E-state index contributed by atoms with van der Waals surface area (Å²) in [5.41, 5.74) is 3.82. The van der Waals surface area contributed by atoms with Gasteiger partial charge in [0.2, 0.25) is 0 Å². The van der Waals surface area contributed by atoms with Gasteiger partial charge >= 0.3 is 5.97 Å². The molecule has 178 valence electrons. The fourth-order valence-electron chi connectivity index (χ4n) is 3.68. The van der Waals surface area contributed by atoms with Crippen LogP contribution in [0, 0.1) is 0 Å². The minimum Gasteiger partial charge on any atom is -0.494 e. The molecule has 0 saturated carbocycles. The molecule has 5 nitrogen and oxygen atoms in total. The number of esters is 1. The molecule has 0 aliphatic rings. The third-order valence-electron chi connectivity index (χ3n) is 5.61. The number of methoxy groups -OCH3 is 1. The van der Waals surface area contributed by atoms with E-state index in [1.807, 2.05) is 30.3 Å². The maximum Gasteiger partial charge on any atom is 0.309 e. The van der Waals surface area contributed by atoms with E-state index in [-0.39, 0.29) is 18.3 Å². The van der Waals surface area contributed by atoms with E-state index in [0.717, 1.165) is 49.2 Å². The van der Waals surface area contributed by atoms with Gasteiger partial charge in [-0.2, -0.15) is 0 Å². The zero-order valence-corrected chi connectivity index (χ0v) is 19.8. The molecule has 34 heavy (non-hydrogen) atoms. The van der Waals surface area contributed by atoms with Crippen molar-refractivity contribution >= 4 is 11.9 Å². The number of rotatable bonds is 13. The van der Waals surface area contributed by atoms with Crippen molar-refractivity contribution in [3.63, 3.8) is 0 Å². The van der Waals surface area contributed by atoms with Gasteiger partial charge in [0, 0.05) is 12.1 Å². The Kier molecular flexibility index (Phi) is 10.2. The second-order valence-electron chi connectivity index (χ2n) is 8.25. The molecule has 0 aliphatic heterocycles. The topological polar surface area (TPSA) is 64.6 Å². The first kappa shape index (κ1) is 25.0. The molecule has 0 unspecified atom stereocenters. The standard InChI is InChI=1S/C29H33NO4/c1-33-28(31)22-25-12-8-13-26(21-25)29(32)30-19-18-24-14-16-27(17-15-24)34-20-7-3-6-11-23-9-4-2-5-10-23/h2,4-5,8-10,12-17,21H,3,6-7,11,18-20,22H2,1H3,(H,30,32). The van der Waals surface area contributed by atoms with Crippen LogP contribution in [-0.2, 0) is 28.8 Å². The maximum absolute atomic E-state index is 12.4. The lowest BCUT2D eigenvalue weighted by Gasteiger charge is -2.09. The zero-order valence-electron chi connectivity index (χ0n) is 19.8. The Morgan fingerprint density at radius 2 is 1.50 bits per heavy atom. The first-order chi connectivity index (χ1) is 16.6. The van der Waals surface area contributed by atoms with Gasteiger partial charge in [-0.3, -0.25) is 9.59 Å². The van der Waals surface area contributed by atoms with Gasteiger partial charge in [-0.1, -0.05) is 54.6 Å². The van der Waals surface area contributed by atoms with Crippen LogP contribution < -0.4 is 10.1 Å². The lowest BCUT2D eigenvalue weighted by molar-refractivity contribution is -0.139. The third-order valence-corrected chi connectivity index (χ3v) is 5.61. The number of aryl methyl sites for hydroxylation is 1. The first-order valence-electron chi connectivity index (χ1n) is 11.8. The first-order valence-corrected chi connectivity index (χ1v) is 11.8. The molecule has 5 heteroatoms. The van der Waals surface area contributed by atoms with Gasteiger partial charge in [0.15, 0.2) is 0 Å². The average Bonchev–Trinajstić information content (AvgIpc) is 2.87. The van der Waals surface area contributed by atoms with Gasteiger partial charge in [0.25, 0.3) is 5.91 Å². The monoisotopic (exact) mass is 459 g/mol. The molecule has 0 spiro atoms. The summed E-state index contributed by atoms with van der Waals surface area (Å²) in [5.74, 6) is 0.394. The van der Waals surface area contributed by atoms with Gasteiger partial charge in [-0.25, -0.2) is 0 Å². The quantitative estimate of drug-likeness (QED) is 0.283. The highest BCUT2D eigenvalue weighted by molar-refractivity contribution is 5.94. The van der Waals surface area contributed by atoms with Crippen LogP contribution in [-0.4, -0.2) is 32.1 Å². The number of amides is 1. The third kappa shape index (κ3) is 8.74. The van der Waals surface area contributed by atoms with Crippen molar-refractivity contribution in [2.75, 3.05) is 20.3 Å². The molecular formula is C29H33NO4. The lowest BCUT2D eigenvalue weighted by Crippen LogP contribution is -2.25. The molecule has 0 saturated heterocycles. The Labute approximate surface area is 202 Å². The van der Waals surface area contributed by atoms with E-state index in [9.17, 15) is 9.59 Å².